The van der Waals surface area contributed by atoms with Gasteiger partial charge in [-0.1, -0.05) is 11.6 Å². The maximum Gasteiger partial charge on any atom is 0.233 e. The molecule has 0 N–H and O–H groups in total. The number of benzene rings is 1. The van der Waals surface area contributed by atoms with Crippen LogP contribution in [0.4, 0.5) is 0 Å². The molecule has 1 aliphatic rings. The summed E-state index contributed by atoms with van der Waals surface area (Å²) < 4.78 is 5.77. The van der Waals surface area contributed by atoms with Crippen LogP contribution in [0.2, 0.25) is 5.02 Å². The van der Waals surface area contributed by atoms with Gasteiger partial charge in [0.1, 0.15) is 6.10 Å². The van der Waals surface area contributed by atoms with Crippen LogP contribution < -0.4 is 4.74 Å². The molecular weight excluding hydrogens is 354 g/mol. The number of amides is 1. The third-order valence-electron chi connectivity index (χ3n) is 4.36. The Hall–Kier alpha value is -2.47. The van der Waals surface area contributed by atoms with E-state index in [1.807, 2.05) is 0 Å². The van der Waals surface area contributed by atoms with Gasteiger partial charge in [-0.05, 0) is 30.3 Å². The first-order valence-corrected chi connectivity index (χ1v) is 9.00. The van der Waals surface area contributed by atoms with Crippen molar-refractivity contribution < 1.29 is 14.3 Å². The maximum atomic E-state index is 12.3. The van der Waals surface area contributed by atoms with E-state index in [9.17, 15) is 9.59 Å². The molecule has 0 spiro atoms. The molecule has 26 heavy (non-hydrogen) atoms. The number of nitrogens with zero attached hydrogens (tertiary/aromatic N) is 3. The van der Waals surface area contributed by atoms with E-state index in [0.29, 0.717) is 29.6 Å². The highest BCUT2D eigenvalue weighted by Crippen LogP contribution is 2.18. The van der Waals surface area contributed by atoms with Crippen molar-refractivity contribution in [3.63, 3.8) is 0 Å². The summed E-state index contributed by atoms with van der Waals surface area (Å²) in [4.78, 5) is 26.3. The van der Waals surface area contributed by atoms with Crippen molar-refractivity contribution in [2.24, 2.45) is 0 Å². The number of aromatic nitrogens is 2. The van der Waals surface area contributed by atoms with Gasteiger partial charge in [-0.3, -0.25) is 9.59 Å². The number of halogens is 1. The molecule has 1 fully saturated rings. The number of hydrogen-bond donors (Lipinski definition) is 0. The largest absolute Gasteiger partial charge is 0.473 e. The molecule has 1 aromatic heterocycles. The third kappa shape index (κ3) is 5.02. The lowest BCUT2D eigenvalue weighted by Gasteiger charge is -2.31. The average Bonchev–Trinajstić information content (AvgIpc) is 2.68. The van der Waals surface area contributed by atoms with Crippen molar-refractivity contribution in [2.75, 3.05) is 13.1 Å². The number of carbonyl (C=O) groups excluding carboxylic acids is 2. The molecule has 0 saturated carbocycles. The normalized spacial score (nSPS) is 14.9. The molecule has 0 atom stereocenters. The van der Waals surface area contributed by atoms with Crippen LogP contribution in [0.25, 0.3) is 0 Å². The summed E-state index contributed by atoms with van der Waals surface area (Å²) in [7, 11) is 0. The van der Waals surface area contributed by atoms with Crippen molar-refractivity contribution in [3.8, 4) is 5.88 Å². The van der Waals surface area contributed by atoms with E-state index in [2.05, 4.69) is 10.2 Å². The van der Waals surface area contributed by atoms with Gasteiger partial charge in [-0.25, -0.2) is 0 Å². The summed E-state index contributed by atoms with van der Waals surface area (Å²) in [6.07, 6.45) is 3.54. The van der Waals surface area contributed by atoms with Gasteiger partial charge < -0.3 is 9.64 Å². The van der Waals surface area contributed by atoms with E-state index in [4.69, 9.17) is 16.3 Å². The Morgan fingerprint density at radius 1 is 1.12 bits per heavy atom. The first-order chi connectivity index (χ1) is 12.6. The molecule has 3 rings (SSSR count). The molecule has 7 heteroatoms. The van der Waals surface area contributed by atoms with Crippen LogP contribution in [-0.2, 0) is 4.79 Å². The van der Waals surface area contributed by atoms with Crippen molar-refractivity contribution in [2.45, 2.75) is 31.8 Å². The molecule has 2 heterocycles. The molecule has 1 aliphatic heterocycles. The Morgan fingerprint density at radius 2 is 1.85 bits per heavy atom. The number of Topliss-reactive ketones (excluding diaryl/α,β-unsaturated/α-hetero) is 1. The van der Waals surface area contributed by atoms with Gasteiger partial charge in [-0.2, -0.15) is 5.10 Å². The van der Waals surface area contributed by atoms with Gasteiger partial charge in [0.15, 0.2) is 5.78 Å². The van der Waals surface area contributed by atoms with E-state index in [1.54, 1.807) is 47.5 Å². The van der Waals surface area contributed by atoms with Crippen molar-refractivity contribution >= 4 is 23.3 Å². The third-order valence-corrected chi connectivity index (χ3v) is 4.61. The van der Waals surface area contributed by atoms with Crippen LogP contribution in [0.5, 0.6) is 5.88 Å². The highest BCUT2D eigenvalue weighted by atomic mass is 35.5. The Morgan fingerprint density at radius 3 is 2.50 bits per heavy atom. The standard InChI is InChI=1S/C19H20ClN3O3/c20-15-5-3-14(4-6-15)17(24)7-8-19(25)23-12-9-16(10-13-23)26-18-2-1-11-21-22-18/h1-6,11,16H,7-10,12-13H2. The molecule has 2 aromatic rings. The second-order valence-corrected chi connectivity index (χ2v) is 6.63. The van der Waals surface area contributed by atoms with Crippen LogP contribution in [0, 0.1) is 0 Å². The van der Waals surface area contributed by atoms with E-state index >= 15 is 0 Å². The first kappa shape index (κ1) is 18.3. The molecule has 136 valence electrons. The van der Waals surface area contributed by atoms with Crippen LogP contribution in [-0.4, -0.2) is 46.0 Å². The minimum Gasteiger partial charge on any atom is -0.473 e. The molecule has 1 amide bonds. The molecular formula is C19H20ClN3O3. The zero-order valence-corrected chi connectivity index (χ0v) is 15.1. The van der Waals surface area contributed by atoms with E-state index in [1.165, 1.54) is 0 Å². The summed E-state index contributed by atoms with van der Waals surface area (Å²) in [6, 6.07) is 10.3. The van der Waals surface area contributed by atoms with Crippen LogP contribution in [0.3, 0.4) is 0 Å². The average molecular weight is 374 g/mol. The lowest BCUT2D eigenvalue weighted by Crippen LogP contribution is -2.41. The topological polar surface area (TPSA) is 72.4 Å². The highest BCUT2D eigenvalue weighted by Gasteiger charge is 2.24. The number of piperidine rings is 1. The van der Waals surface area contributed by atoms with Crippen molar-refractivity contribution in [3.05, 3.63) is 53.2 Å². The van der Waals surface area contributed by atoms with E-state index in [-0.39, 0.29) is 30.6 Å². The van der Waals surface area contributed by atoms with E-state index < -0.39 is 0 Å². The van der Waals surface area contributed by atoms with Crippen molar-refractivity contribution in [1.29, 1.82) is 0 Å². The molecule has 0 unspecified atom stereocenters. The fraction of sp³-hybridized carbons (Fsp3) is 0.368. The SMILES string of the molecule is O=C(CCC(=O)N1CCC(Oc2cccnn2)CC1)c1ccc(Cl)cc1. The van der Waals surface area contributed by atoms with Gasteiger partial charge in [0.2, 0.25) is 11.8 Å². The Kier molecular flexibility index (Phi) is 6.17. The first-order valence-electron chi connectivity index (χ1n) is 8.63. The fourth-order valence-electron chi connectivity index (χ4n) is 2.90. The molecule has 6 nitrogen and oxygen atoms in total. The zero-order valence-electron chi connectivity index (χ0n) is 14.3. The van der Waals surface area contributed by atoms with Gasteiger partial charge in [0, 0.05) is 61.6 Å². The van der Waals surface area contributed by atoms with Gasteiger partial charge in [0.25, 0.3) is 0 Å². The summed E-state index contributed by atoms with van der Waals surface area (Å²) in [5.41, 5.74) is 0.582. The minimum atomic E-state index is -0.0455. The predicted octanol–water partition coefficient (Wildman–Crippen LogP) is 3.16. The summed E-state index contributed by atoms with van der Waals surface area (Å²) >= 11 is 5.82. The van der Waals surface area contributed by atoms with Crippen LogP contribution in [0.1, 0.15) is 36.0 Å². The van der Waals surface area contributed by atoms with Gasteiger partial charge in [-0.15, -0.1) is 5.10 Å². The smallest absolute Gasteiger partial charge is 0.233 e. The lowest BCUT2D eigenvalue weighted by atomic mass is 10.0. The summed E-state index contributed by atoms with van der Waals surface area (Å²) in [5.74, 6) is 0.465. The zero-order chi connectivity index (χ0) is 18.4. The Labute approximate surface area is 157 Å². The molecule has 1 aromatic carbocycles. The number of rotatable bonds is 6. The molecule has 1 saturated heterocycles. The second kappa shape index (κ2) is 8.76. The summed E-state index contributed by atoms with van der Waals surface area (Å²) in [5, 5.41) is 8.28. The van der Waals surface area contributed by atoms with E-state index in [0.717, 1.165) is 12.8 Å². The number of ketones is 1. The van der Waals surface area contributed by atoms with Gasteiger partial charge >= 0.3 is 0 Å². The quantitative estimate of drug-likeness (QED) is 0.727. The Bertz CT molecular complexity index is 744. The molecule has 0 bridgehead atoms. The molecule has 0 aliphatic carbocycles. The monoisotopic (exact) mass is 373 g/mol. The number of likely N-dealkylation sites (tertiary alicyclic amines) is 1. The molecule has 0 radical (unpaired) electrons. The minimum absolute atomic E-state index is 0.00488. The fourth-order valence-corrected chi connectivity index (χ4v) is 3.03. The summed E-state index contributed by atoms with van der Waals surface area (Å²) in [6.45, 7) is 1.25. The second-order valence-electron chi connectivity index (χ2n) is 6.19. The highest BCUT2D eigenvalue weighted by molar-refractivity contribution is 6.30. The van der Waals surface area contributed by atoms with Gasteiger partial charge in [0.05, 0.1) is 0 Å². The maximum absolute atomic E-state index is 12.3. The number of ether oxygens (including phenoxy) is 1. The van der Waals surface area contributed by atoms with Crippen LogP contribution in [0.15, 0.2) is 42.6 Å². The van der Waals surface area contributed by atoms with Crippen molar-refractivity contribution in [1.82, 2.24) is 15.1 Å². The predicted molar refractivity (Wildman–Crippen MR) is 97.3 cm³/mol. The number of carbonyl (C=O) groups is 2. The van der Waals surface area contributed by atoms with Crippen LogP contribution >= 0.6 is 11.6 Å². The number of hydrogen-bond acceptors (Lipinski definition) is 5. The lowest BCUT2D eigenvalue weighted by molar-refractivity contribution is -0.132. The Balaban J connectivity index is 1.42.